The van der Waals surface area contributed by atoms with Gasteiger partial charge in [-0.2, -0.15) is 0 Å². The smallest absolute Gasteiger partial charge is 0.222 e. The van der Waals surface area contributed by atoms with Crippen molar-refractivity contribution in [1.82, 2.24) is 9.97 Å². The largest absolute Gasteiger partial charge is 0.385 e. The zero-order valence-electron chi connectivity index (χ0n) is 9.07. The van der Waals surface area contributed by atoms with Crippen LogP contribution in [-0.4, -0.2) is 30.2 Å². The van der Waals surface area contributed by atoms with Gasteiger partial charge in [0, 0.05) is 32.7 Å². The van der Waals surface area contributed by atoms with Gasteiger partial charge in [-0.3, -0.25) is 0 Å². The molecule has 15 heavy (non-hydrogen) atoms. The van der Waals surface area contributed by atoms with Crippen LogP contribution in [0, 0.1) is 5.41 Å². The van der Waals surface area contributed by atoms with Crippen LogP contribution in [0.15, 0.2) is 18.5 Å². The molecule has 1 aromatic heterocycles. The summed E-state index contributed by atoms with van der Waals surface area (Å²) in [6.45, 7) is 1.80. The van der Waals surface area contributed by atoms with E-state index < -0.39 is 0 Å². The monoisotopic (exact) mass is 207 g/mol. The Labute approximate surface area is 90.1 Å². The van der Waals surface area contributed by atoms with Crippen LogP contribution < -0.4 is 5.32 Å². The molecule has 0 atom stereocenters. The van der Waals surface area contributed by atoms with Gasteiger partial charge in [0.05, 0.1) is 0 Å². The maximum absolute atomic E-state index is 5.11. The number of aromatic nitrogens is 2. The van der Waals surface area contributed by atoms with Crippen molar-refractivity contribution in [2.75, 3.05) is 25.6 Å². The van der Waals surface area contributed by atoms with Crippen LogP contribution in [0.25, 0.3) is 0 Å². The standard InChI is InChI=1S/C11H17N3O/c1-15-8-5-11(3-4-11)9-14-10-12-6-2-7-13-10/h2,6-7H,3-5,8-9H2,1H3,(H,12,13,14). The molecule has 0 saturated heterocycles. The quantitative estimate of drug-likeness (QED) is 0.771. The lowest BCUT2D eigenvalue weighted by Gasteiger charge is -2.14. The molecule has 1 aromatic rings. The van der Waals surface area contributed by atoms with E-state index in [0.29, 0.717) is 5.41 Å². The zero-order valence-corrected chi connectivity index (χ0v) is 9.07. The third kappa shape index (κ3) is 2.89. The molecule has 0 unspecified atom stereocenters. The van der Waals surface area contributed by atoms with Gasteiger partial charge in [-0.05, 0) is 30.7 Å². The molecule has 82 valence electrons. The van der Waals surface area contributed by atoms with Crippen molar-refractivity contribution < 1.29 is 4.74 Å². The van der Waals surface area contributed by atoms with E-state index in [1.165, 1.54) is 12.8 Å². The maximum atomic E-state index is 5.11. The van der Waals surface area contributed by atoms with E-state index in [9.17, 15) is 0 Å². The molecule has 1 aliphatic rings. The first-order valence-electron chi connectivity index (χ1n) is 5.34. The highest BCUT2D eigenvalue weighted by Crippen LogP contribution is 2.48. The number of hydrogen-bond acceptors (Lipinski definition) is 4. The molecule has 0 amide bonds. The van der Waals surface area contributed by atoms with Crippen LogP contribution in [0.5, 0.6) is 0 Å². The van der Waals surface area contributed by atoms with Gasteiger partial charge in [0.1, 0.15) is 0 Å². The average Bonchev–Trinajstić information content (AvgIpc) is 3.06. The second-order valence-corrected chi connectivity index (χ2v) is 4.17. The Morgan fingerprint density at radius 3 is 2.73 bits per heavy atom. The molecular formula is C11H17N3O. The van der Waals surface area contributed by atoms with Gasteiger partial charge in [-0.25, -0.2) is 9.97 Å². The molecule has 0 bridgehead atoms. The highest BCUT2D eigenvalue weighted by atomic mass is 16.5. The van der Waals surface area contributed by atoms with E-state index in [2.05, 4.69) is 15.3 Å². The third-order valence-corrected chi connectivity index (χ3v) is 2.98. The Kier molecular flexibility index (Phi) is 3.16. The van der Waals surface area contributed by atoms with E-state index in [1.807, 2.05) is 6.07 Å². The fourth-order valence-corrected chi connectivity index (χ4v) is 1.67. The molecule has 4 nitrogen and oxygen atoms in total. The van der Waals surface area contributed by atoms with Crippen molar-refractivity contribution in [3.8, 4) is 0 Å². The first kappa shape index (κ1) is 10.4. The maximum Gasteiger partial charge on any atom is 0.222 e. The molecule has 1 saturated carbocycles. The molecular weight excluding hydrogens is 190 g/mol. The van der Waals surface area contributed by atoms with Crippen LogP contribution in [0.2, 0.25) is 0 Å². The van der Waals surface area contributed by atoms with Gasteiger partial charge in [-0.15, -0.1) is 0 Å². The summed E-state index contributed by atoms with van der Waals surface area (Å²) >= 11 is 0. The number of nitrogens with one attached hydrogen (secondary N) is 1. The van der Waals surface area contributed by atoms with Crippen molar-refractivity contribution in [3.05, 3.63) is 18.5 Å². The number of anilines is 1. The van der Waals surface area contributed by atoms with Gasteiger partial charge < -0.3 is 10.1 Å². The highest BCUT2D eigenvalue weighted by Gasteiger charge is 2.41. The summed E-state index contributed by atoms with van der Waals surface area (Å²) in [4.78, 5) is 8.27. The predicted octanol–water partition coefficient (Wildman–Crippen LogP) is 1.71. The highest BCUT2D eigenvalue weighted by molar-refractivity contribution is 5.23. The Bertz CT molecular complexity index is 298. The molecule has 2 rings (SSSR count). The summed E-state index contributed by atoms with van der Waals surface area (Å²) < 4.78 is 5.11. The molecule has 0 radical (unpaired) electrons. The fraction of sp³-hybridized carbons (Fsp3) is 0.636. The SMILES string of the molecule is COCCC1(CNc2ncccn2)CC1. The van der Waals surface area contributed by atoms with Crippen LogP contribution in [0.1, 0.15) is 19.3 Å². The zero-order chi connectivity index (χ0) is 10.6. The van der Waals surface area contributed by atoms with Crippen molar-refractivity contribution in [2.45, 2.75) is 19.3 Å². The van der Waals surface area contributed by atoms with Crippen LogP contribution in [0.4, 0.5) is 5.95 Å². The van der Waals surface area contributed by atoms with Crippen molar-refractivity contribution >= 4 is 5.95 Å². The Hall–Kier alpha value is -1.16. The van der Waals surface area contributed by atoms with E-state index >= 15 is 0 Å². The summed E-state index contributed by atoms with van der Waals surface area (Å²) in [5.74, 6) is 0.723. The molecule has 1 aliphatic carbocycles. The summed E-state index contributed by atoms with van der Waals surface area (Å²) in [5, 5.41) is 3.28. The van der Waals surface area contributed by atoms with Crippen LogP contribution in [-0.2, 0) is 4.74 Å². The van der Waals surface area contributed by atoms with Gasteiger partial charge in [0.15, 0.2) is 0 Å². The van der Waals surface area contributed by atoms with Gasteiger partial charge in [-0.1, -0.05) is 0 Å². The molecule has 0 aliphatic heterocycles. The van der Waals surface area contributed by atoms with Gasteiger partial charge in [0.2, 0.25) is 5.95 Å². The molecule has 1 N–H and O–H groups in total. The number of hydrogen-bond donors (Lipinski definition) is 1. The first-order valence-corrected chi connectivity index (χ1v) is 5.34. The number of ether oxygens (including phenoxy) is 1. The van der Waals surface area contributed by atoms with Crippen LogP contribution in [0.3, 0.4) is 0 Å². The molecule has 0 aromatic carbocycles. The van der Waals surface area contributed by atoms with Crippen molar-refractivity contribution in [1.29, 1.82) is 0 Å². The molecule has 4 heteroatoms. The fourth-order valence-electron chi connectivity index (χ4n) is 1.67. The number of nitrogens with zero attached hydrogens (tertiary/aromatic N) is 2. The van der Waals surface area contributed by atoms with E-state index in [1.54, 1.807) is 19.5 Å². The van der Waals surface area contributed by atoms with Gasteiger partial charge >= 0.3 is 0 Å². The summed E-state index contributed by atoms with van der Waals surface area (Å²) in [5.41, 5.74) is 0.440. The number of rotatable bonds is 6. The number of methoxy groups -OCH3 is 1. The molecule has 1 fully saturated rings. The second-order valence-electron chi connectivity index (χ2n) is 4.17. The summed E-state index contributed by atoms with van der Waals surface area (Å²) in [7, 11) is 1.75. The van der Waals surface area contributed by atoms with E-state index in [0.717, 1.165) is 25.5 Å². The predicted molar refractivity (Wildman–Crippen MR) is 58.7 cm³/mol. The normalized spacial score (nSPS) is 17.4. The Balaban J connectivity index is 1.78. The van der Waals surface area contributed by atoms with Gasteiger partial charge in [0.25, 0.3) is 0 Å². The lowest BCUT2D eigenvalue weighted by atomic mass is 10.0. The Morgan fingerprint density at radius 2 is 2.13 bits per heavy atom. The molecule has 0 spiro atoms. The topological polar surface area (TPSA) is 47.0 Å². The minimum absolute atomic E-state index is 0.440. The third-order valence-electron chi connectivity index (χ3n) is 2.98. The van der Waals surface area contributed by atoms with Crippen LogP contribution >= 0.6 is 0 Å². The lowest BCUT2D eigenvalue weighted by molar-refractivity contribution is 0.175. The second kappa shape index (κ2) is 4.57. The van der Waals surface area contributed by atoms with E-state index in [-0.39, 0.29) is 0 Å². The minimum atomic E-state index is 0.440. The average molecular weight is 207 g/mol. The minimum Gasteiger partial charge on any atom is -0.385 e. The first-order chi connectivity index (χ1) is 7.35. The summed E-state index contributed by atoms with van der Waals surface area (Å²) in [6.07, 6.45) is 7.21. The van der Waals surface area contributed by atoms with Crippen molar-refractivity contribution in [3.63, 3.8) is 0 Å². The molecule has 1 heterocycles. The Morgan fingerprint density at radius 1 is 1.40 bits per heavy atom. The van der Waals surface area contributed by atoms with E-state index in [4.69, 9.17) is 4.74 Å². The summed E-state index contributed by atoms with van der Waals surface area (Å²) in [6, 6.07) is 1.82. The van der Waals surface area contributed by atoms with Crippen molar-refractivity contribution in [2.24, 2.45) is 5.41 Å². The lowest BCUT2D eigenvalue weighted by Crippen LogP contribution is -2.18.